The van der Waals surface area contributed by atoms with Crippen LogP contribution in [0.15, 0.2) is 72.8 Å². The fourth-order valence-corrected chi connectivity index (χ4v) is 3.06. The van der Waals surface area contributed by atoms with Gasteiger partial charge in [-0.3, -0.25) is 5.32 Å². The van der Waals surface area contributed by atoms with E-state index < -0.39 is 18.2 Å². The predicted octanol–water partition coefficient (Wildman–Crippen LogP) is 4.87. The van der Waals surface area contributed by atoms with E-state index in [0.29, 0.717) is 11.3 Å². The van der Waals surface area contributed by atoms with Gasteiger partial charge in [-0.2, -0.15) is 0 Å². The number of amides is 1. The smallest absolute Gasteiger partial charge is 0.412 e. The molecule has 7 heteroatoms. The number of methoxy groups -OCH3 is 1. The summed E-state index contributed by atoms with van der Waals surface area (Å²) in [5.41, 5.74) is 1.09. The number of phenols is 1. The molecule has 0 aliphatic rings. The molecule has 3 aromatic rings. The number of aromatic hydroxyl groups is 1. The molecule has 0 saturated carbocycles. The maximum Gasteiger partial charge on any atom is 0.412 e. The molecule has 154 valence electrons. The lowest BCUT2D eigenvalue weighted by Gasteiger charge is -2.18. The number of hydrogen-bond acceptors (Lipinski definition) is 5. The van der Waals surface area contributed by atoms with Crippen molar-refractivity contribution in [1.29, 1.82) is 0 Å². The Morgan fingerprint density at radius 3 is 2.60 bits per heavy atom. The molecule has 0 unspecified atom stereocenters. The Morgan fingerprint density at radius 1 is 1.10 bits per heavy atom. The van der Waals surface area contributed by atoms with Gasteiger partial charge in [0, 0.05) is 17.9 Å². The molecule has 0 aromatic heterocycles. The molecule has 3 rings (SSSR count). The average Bonchev–Trinajstić information content (AvgIpc) is 2.73. The largest absolute Gasteiger partial charge is 0.504 e. The van der Waals surface area contributed by atoms with Gasteiger partial charge in [-0.15, -0.1) is 0 Å². The van der Waals surface area contributed by atoms with Crippen molar-refractivity contribution in [2.45, 2.75) is 12.5 Å². The van der Waals surface area contributed by atoms with Crippen LogP contribution in [0.1, 0.15) is 18.1 Å². The molecule has 0 spiro atoms. The Labute approximate surface area is 173 Å². The lowest BCUT2D eigenvalue weighted by molar-refractivity contribution is -0.131. The van der Waals surface area contributed by atoms with Crippen LogP contribution in [0.5, 0.6) is 11.5 Å². The second-order valence-electron chi connectivity index (χ2n) is 6.45. The highest BCUT2D eigenvalue weighted by molar-refractivity contribution is 6.00. The first-order valence-corrected chi connectivity index (χ1v) is 9.19. The van der Waals surface area contributed by atoms with Crippen molar-refractivity contribution in [3.8, 4) is 11.5 Å². The summed E-state index contributed by atoms with van der Waals surface area (Å²) in [7, 11) is 1.43. The lowest BCUT2D eigenvalue weighted by atomic mass is 10.1. The topological polar surface area (TPSA) is 105 Å². The van der Waals surface area contributed by atoms with Crippen molar-refractivity contribution in [1.82, 2.24) is 0 Å². The number of carboxylic acid groups (broad SMARTS) is 1. The van der Waals surface area contributed by atoms with Crippen molar-refractivity contribution in [3.63, 3.8) is 0 Å². The molecule has 0 bridgehead atoms. The van der Waals surface area contributed by atoms with Crippen LogP contribution in [0, 0.1) is 0 Å². The van der Waals surface area contributed by atoms with Gasteiger partial charge >= 0.3 is 12.1 Å². The number of anilines is 1. The van der Waals surface area contributed by atoms with E-state index in [2.05, 4.69) is 5.32 Å². The van der Waals surface area contributed by atoms with Gasteiger partial charge in [-0.05, 0) is 29.1 Å². The number of nitrogens with one attached hydrogen (secondary N) is 1. The van der Waals surface area contributed by atoms with E-state index in [9.17, 15) is 14.7 Å². The number of carboxylic acids is 1. The third kappa shape index (κ3) is 5.08. The number of benzene rings is 3. The van der Waals surface area contributed by atoms with E-state index >= 15 is 0 Å². The molecule has 0 aliphatic carbocycles. The van der Waals surface area contributed by atoms with Crippen molar-refractivity contribution >= 4 is 28.5 Å². The summed E-state index contributed by atoms with van der Waals surface area (Å²) in [5, 5.41) is 23.4. The molecule has 3 aromatic carbocycles. The predicted molar refractivity (Wildman–Crippen MR) is 113 cm³/mol. The number of ether oxygens (including phenoxy) is 2. The fraction of sp³-hybridized carbons (Fsp3) is 0.130. The van der Waals surface area contributed by atoms with Crippen LogP contribution in [0.3, 0.4) is 0 Å². The third-order valence-electron chi connectivity index (χ3n) is 4.46. The molecular weight excluding hydrogens is 386 g/mol. The first kappa shape index (κ1) is 20.7. The Bertz CT molecular complexity index is 1090. The van der Waals surface area contributed by atoms with Gasteiger partial charge in [-0.1, -0.05) is 48.5 Å². The Morgan fingerprint density at radius 2 is 1.87 bits per heavy atom. The maximum absolute atomic E-state index is 12.6. The van der Waals surface area contributed by atoms with Crippen LogP contribution < -0.4 is 10.1 Å². The first-order valence-electron chi connectivity index (χ1n) is 9.19. The highest BCUT2D eigenvalue weighted by atomic mass is 16.6. The summed E-state index contributed by atoms with van der Waals surface area (Å²) in [5.74, 6) is -0.939. The van der Waals surface area contributed by atoms with Crippen LogP contribution >= 0.6 is 0 Å². The van der Waals surface area contributed by atoms with E-state index in [0.717, 1.165) is 16.8 Å². The molecule has 0 saturated heterocycles. The molecule has 1 atom stereocenters. The van der Waals surface area contributed by atoms with E-state index in [-0.39, 0.29) is 17.9 Å². The van der Waals surface area contributed by atoms with Gasteiger partial charge in [0.1, 0.15) is 6.10 Å². The van der Waals surface area contributed by atoms with E-state index in [1.165, 1.54) is 19.3 Å². The van der Waals surface area contributed by atoms with Gasteiger partial charge < -0.3 is 19.7 Å². The van der Waals surface area contributed by atoms with E-state index in [1.54, 1.807) is 18.2 Å². The fourth-order valence-electron chi connectivity index (χ4n) is 3.06. The second-order valence-corrected chi connectivity index (χ2v) is 6.45. The van der Waals surface area contributed by atoms with Gasteiger partial charge in [0.05, 0.1) is 12.8 Å². The van der Waals surface area contributed by atoms with Gasteiger partial charge in [0.2, 0.25) is 0 Å². The molecule has 0 heterocycles. The van der Waals surface area contributed by atoms with Crippen molar-refractivity contribution < 1.29 is 29.3 Å². The summed E-state index contributed by atoms with van der Waals surface area (Å²) in [6.07, 6.45) is 0.964. The van der Waals surface area contributed by atoms with Crippen molar-refractivity contribution in [2.24, 2.45) is 0 Å². The third-order valence-corrected chi connectivity index (χ3v) is 4.46. The number of hydrogen-bond donors (Lipinski definition) is 3. The standard InChI is InChI=1S/C23H21NO6/c1-29-21-13-12-16(14-19(21)25)20(10-5-11-22(26)27)30-23(28)24-18-9-4-7-15-6-2-3-8-17(15)18/h2-9,11-14,20,25H,10H2,1H3,(H,24,28)(H,26,27)/b11-5+/t20-/m0/s1. The summed E-state index contributed by atoms with van der Waals surface area (Å²) < 4.78 is 10.6. The Hall–Kier alpha value is -4.00. The molecule has 0 fully saturated rings. The Kier molecular flexibility index (Phi) is 6.54. The summed E-state index contributed by atoms with van der Waals surface area (Å²) in [4.78, 5) is 23.4. The zero-order valence-corrected chi connectivity index (χ0v) is 16.2. The molecule has 30 heavy (non-hydrogen) atoms. The monoisotopic (exact) mass is 407 g/mol. The number of carbonyl (C=O) groups is 2. The zero-order chi connectivity index (χ0) is 21.5. The minimum atomic E-state index is -1.11. The van der Waals surface area contributed by atoms with Gasteiger partial charge in [0.25, 0.3) is 0 Å². The average molecular weight is 407 g/mol. The number of carbonyl (C=O) groups excluding carboxylic acids is 1. The van der Waals surface area contributed by atoms with Crippen LogP contribution in [0.4, 0.5) is 10.5 Å². The summed E-state index contributed by atoms with van der Waals surface area (Å²) in [6.45, 7) is 0. The van der Waals surface area contributed by atoms with Crippen molar-refractivity contribution in [2.75, 3.05) is 12.4 Å². The number of aliphatic carboxylic acids is 1. The minimum absolute atomic E-state index is 0.111. The quantitative estimate of drug-likeness (QED) is 0.483. The molecule has 0 aliphatic heterocycles. The van der Waals surface area contributed by atoms with Crippen LogP contribution in [0.2, 0.25) is 0 Å². The second kappa shape index (κ2) is 9.47. The summed E-state index contributed by atoms with van der Waals surface area (Å²) in [6, 6.07) is 17.7. The zero-order valence-electron chi connectivity index (χ0n) is 16.2. The number of phenolic OH excluding ortho intramolecular Hbond substituents is 1. The highest BCUT2D eigenvalue weighted by Gasteiger charge is 2.18. The number of rotatable bonds is 7. The van der Waals surface area contributed by atoms with Crippen LogP contribution in [-0.2, 0) is 9.53 Å². The number of fused-ring (bicyclic) bond motifs is 1. The minimum Gasteiger partial charge on any atom is -0.504 e. The van der Waals surface area contributed by atoms with Gasteiger partial charge in [0.15, 0.2) is 11.5 Å². The molecule has 1 amide bonds. The van der Waals surface area contributed by atoms with Crippen molar-refractivity contribution in [3.05, 3.63) is 78.4 Å². The highest BCUT2D eigenvalue weighted by Crippen LogP contribution is 2.32. The summed E-state index contributed by atoms with van der Waals surface area (Å²) >= 11 is 0. The lowest BCUT2D eigenvalue weighted by Crippen LogP contribution is -2.17. The molecular formula is C23H21NO6. The molecule has 7 nitrogen and oxygen atoms in total. The maximum atomic E-state index is 12.6. The molecule has 3 N–H and O–H groups in total. The van der Waals surface area contributed by atoms with Crippen LogP contribution in [0.25, 0.3) is 10.8 Å². The Balaban J connectivity index is 1.81. The van der Waals surface area contributed by atoms with Crippen LogP contribution in [-0.4, -0.2) is 29.4 Å². The van der Waals surface area contributed by atoms with E-state index in [1.807, 2.05) is 36.4 Å². The first-order chi connectivity index (χ1) is 14.5. The normalized spacial score (nSPS) is 11.9. The molecule has 0 radical (unpaired) electrons. The SMILES string of the molecule is COc1ccc([C@H](C/C=C/C(=O)O)OC(=O)Nc2cccc3ccccc23)cc1O. The van der Waals surface area contributed by atoms with E-state index in [4.69, 9.17) is 14.6 Å². The van der Waals surface area contributed by atoms with Gasteiger partial charge in [-0.25, -0.2) is 9.59 Å².